The summed E-state index contributed by atoms with van der Waals surface area (Å²) in [5, 5.41) is 8.14. The number of rotatable bonds is 7. The molecular formula is C23H27N3O4. The Labute approximate surface area is 175 Å². The lowest BCUT2D eigenvalue weighted by molar-refractivity contribution is -0.124. The van der Waals surface area contributed by atoms with Gasteiger partial charge in [0.15, 0.2) is 12.4 Å². The summed E-state index contributed by atoms with van der Waals surface area (Å²) in [5.74, 6) is 3.30. The van der Waals surface area contributed by atoms with Crippen LogP contribution in [0.5, 0.6) is 5.75 Å². The highest BCUT2D eigenvalue weighted by atomic mass is 16.5. The summed E-state index contributed by atoms with van der Waals surface area (Å²) >= 11 is 0. The van der Waals surface area contributed by atoms with E-state index in [0.717, 1.165) is 48.2 Å². The molecule has 1 amide bonds. The molecule has 1 aromatic carbocycles. The number of amides is 1. The first-order valence-electron chi connectivity index (χ1n) is 10.9. The molecule has 0 bridgehead atoms. The summed E-state index contributed by atoms with van der Waals surface area (Å²) in [6, 6.07) is 5.43. The second-order valence-electron chi connectivity index (χ2n) is 8.71. The zero-order chi connectivity index (χ0) is 20.7. The molecule has 1 fully saturated rings. The molecule has 2 heterocycles. The molecule has 2 aromatic heterocycles. The van der Waals surface area contributed by atoms with E-state index in [1.165, 1.54) is 18.4 Å². The van der Waals surface area contributed by atoms with E-state index < -0.39 is 0 Å². The Hall–Kier alpha value is -2.83. The number of hydrogen-bond donors (Lipinski definition) is 1. The molecule has 5 rings (SSSR count). The van der Waals surface area contributed by atoms with Gasteiger partial charge in [0.1, 0.15) is 23.1 Å². The molecule has 30 heavy (non-hydrogen) atoms. The minimum atomic E-state index is -0.329. The summed E-state index contributed by atoms with van der Waals surface area (Å²) in [5.41, 5.74) is 2.18. The van der Waals surface area contributed by atoms with Gasteiger partial charge >= 0.3 is 0 Å². The lowest BCUT2D eigenvalue weighted by Gasteiger charge is -2.18. The van der Waals surface area contributed by atoms with Crippen LogP contribution in [0.2, 0.25) is 0 Å². The van der Waals surface area contributed by atoms with Crippen LogP contribution in [-0.4, -0.2) is 22.7 Å². The Balaban J connectivity index is 1.24. The fourth-order valence-corrected chi connectivity index (χ4v) is 4.09. The first-order valence-corrected chi connectivity index (χ1v) is 10.9. The van der Waals surface area contributed by atoms with Crippen LogP contribution in [0.1, 0.15) is 74.5 Å². The molecule has 7 nitrogen and oxygen atoms in total. The third kappa shape index (κ3) is 3.80. The van der Waals surface area contributed by atoms with Crippen molar-refractivity contribution >= 4 is 16.9 Å². The van der Waals surface area contributed by atoms with Crippen LogP contribution >= 0.6 is 0 Å². The van der Waals surface area contributed by atoms with E-state index in [4.69, 9.17) is 13.7 Å². The van der Waals surface area contributed by atoms with Gasteiger partial charge in [-0.3, -0.25) is 4.79 Å². The predicted octanol–water partition coefficient (Wildman–Crippen LogP) is 4.46. The maximum absolute atomic E-state index is 12.6. The number of benzene rings is 1. The molecule has 0 saturated heterocycles. The van der Waals surface area contributed by atoms with Crippen molar-refractivity contribution in [2.24, 2.45) is 5.92 Å². The summed E-state index contributed by atoms with van der Waals surface area (Å²) < 4.78 is 17.2. The highest BCUT2D eigenvalue weighted by Crippen LogP contribution is 2.39. The lowest BCUT2D eigenvalue weighted by atomic mass is 9.96. The molecule has 1 saturated carbocycles. The molecule has 158 valence electrons. The minimum absolute atomic E-state index is 0.0710. The number of nitrogens with one attached hydrogen (secondary N) is 1. The lowest BCUT2D eigenvalue weighted by Crippen LogP contribution is -2.35. The highest BCUT2D eigenvalue weighted by molar-refractivity contribution is 5.84. The molecule has 0 radical (unpaired) electrons. The van der Waals surface area contributed by atoms with Crippen molar-refractivity contribution in [2.45, 2.75) is 64.3 Å². The van der Waals surface area contributed by atoms with Gasteiger partial charge in [0.05, 0.1) is 0 Å². The van der Waals surface area contributed by atoms with Crippen molar-refractivity contribution in [1.82, 2.24) is 15.5 Å². The zero-order valence-corrected chi connectivity index (χ0v) is 17.4. The van der Waals surface area contributed by atoms with E-state index in [9.17, 15) is 4.79 Å². The van der Waals surface area contributed by atoms with E-state index in [1.54, 1.807) is 0 Å². The van der Waals surface area contributed by atoms with Gasteiger partial charge in [0.2, 0.25) is 5.89 Å². The van der Waals surface area contributed by atoms with Crippen LogP contribution in [0.4, 0.5) is 0 Å². The average Bonchev–Trinajstić information content (AvgIpc) is 3.36. The topological polar surface area (TPSA) is 90.4 Å². The highest BCUT2D eigenvalue weighted by Gasteiger charge is 2.31. The fourth-order valence-electron chi connectivity index (χ4n) is 4.09. The SMILES string of the molecule is CC(C)C(NC(=O)COc1ccc2oc3c(c2c1)CCCC3)c1nc(C2CC2)no1. The molecule has 2 aliphatic rings. The van der Waals surface area contributed by atoms with E-state index in [0.29, 0.717) is 17.6 Å². The fraction of sp³-hybridized carbons (Fsp3) is 0.522. The van der Waals surface area contributed by atoms with Crippen molar-refractivity contribution in [3.8, 4) is 5.75 Å². The molecule has 2 aliphatic carbocycles. The summed E-state index contributed by atoms with van der Waals surface area (Å²) in [4.78, 5) is 17.0. The second-order valence-corrected chi connectivity index (χ2v) is 8.71. The quantitative estimate of drug-likeness (QED) is 0.619. The molecule has 1 unspecified atom stereocenters. The molecule has 7 heteroatoms. The normalized spacial score (nSPS) is 17.2. The summed E-state index contributed by atoms with van der Waals surface area (Å²) in [6.07, 6.45) is 6.61. The Morgan fingerprint density at radius 2 is 2.10 bits per heavy atom. The molecule has 0 spiro atoms. The van der Waals surface area contributed by atoms with Crippen LogP contribution in [0.25, 0.3) is 11.0 Å². The smallest absolute Gasteiger partial charge is 0.258 e. The zero-order valence-electron chi connectivity index (χ0n) is 17.4. The first-order chi connectivity index (χ1) is 14.6. The Morgan fingerprint density at radius 3 is 2.90 bits per heavy atom. The van der Waals surface area contributed by atoms with Gasteiger partial charge in [-0.2, -0.15) is 4.98 Å². The van der Waals surface area contributed by atoms with Gasteiger partial charge in [0.25, 0.3) is 5.91 Å². The number of fused-ring (bicyclic) bond motifs is 3. The molecule has 1 atom stereocenters. The van der Waals surface area contributed by atoms with Crippen molar-refractivity contribution in [2.75, 3.05) is 6.61 Å². The number of furan rings is 1. The van der Waals surface area contributed by atoms with Gasteiger partial charge in [-0.15, -0.1) is 0 Å². The van der Waals surface area contributed by atoms with E-state index in [2.05, 4.69) is 15.5 Å². The number of aromatic nitrogens is 2. The second kappa shape index (κ2) is 7.78. The molecule has 3 aromatic rings. The maximum atomic E-state index is 12.6. The van der Waals surface area contributed by atoms with Crippen molar-refractivity contribution < 1.29 is 18.5 Å². The summed E-state index contributed by atoms with van der Waals surface area (Å²) in [6.45, 7) is 3.96. The van der Waals surface area contributed by atoms with E-state index in [1.807, 2.05) is 32.0 Å². The van der Waals surface area contributed by atoms with E-state index in [-0.39, 0.29) is 24.5 Å². The van der Waals surface area contributed by atoms with Gasteiger partial charge in [-0.25, -0.2) is 0 Å². The standard InChI is InChI=1S/C23H27N3O4/c1-13(2)21(23-25-22(26-30-23)14-7-8-14)24-20(27)12-28-15-9-10-19-17(11-15)16-5-3-4-6-18(16)29-19/h9-11,13-14,21H,3-8,12H2,1-2H3,(H,24,27). The van der Waals surface area contributed by atoms with Crippen LogP contribution in [0.3, 0.4) is 0 Å². The van der Waals surface area contributed by atoms with E-state index >= 15 is 0 Å². The average molecular weight is 409 g/mol. The molecule has 0 aliphatic heterocycles. The minimum Gasteiger partial charge on any atom is -0.484 e. The van der Waals surface area contributed by atoms with Gasteiger partial charge < -0.3 is 19.0 Å². The monoisotopic (exact) mass is 409 g/mol. The van der Waals surface area contributed by atoms with Crippen molar-refractivity contribution in [3.05, 3.63) is 41.2 Å². The number of carbonyl (C=O) groups excluding carboxylic acids is 1. The summed E-state index contributed by atoms with van der Waals surface area (Å²) in [7, 11) is 0. The number of nitrogens with zero attached hydrogens (tertiary/aromatic N) is 2. The first kappa shape index (κ1) is 19.2. The Morgan fingerprint density at radius 1 is 1.27 bits per heavy atom. The number of ether oxygens (including phenoxy) is 1. The number of carbonyl (C=O) groups is 1. The number of hydrogen-bond acceptors (Lipinski definition) is 6. The third-order valence-electron chi connectivity index (χ3n) is 5.95. The Kier molecular flexibility index (Phi) is 4.97. The van der Waals surface area contributed by atoms with Crippen LogP contribution in [-0.2, 0) is 17.6 Å². The van der Waals surface area contributed by atoms with Gasteiger partial charge in [-0.05, 0) is 56.2 Å². The van der Waals surface area contributed by atoms with Crippen LogP contribution in [0.15, 0.2) is 27.1 Å². The van der Waals surface area contributed by atoms with Gasteiger partial charge in [-0.1, -0.05) is 19.0 Å². The van der Waals surface area contributed by atoms with Crippen LogP contribution in [0, 0.1) is 5.92 Å². The number of aryl methyl sites for hydroxylation is 2. The predicted molar refractivity (Wildman–Crippen MR) is 110 cm³/mol. The Bertz CT molecular complexity index is 1060. The molecule has 1 N–H and O–H groups in total. The van der Waals surface area contributed by atoms with Crippen molar-refractivity contribution in [1.29, 1.82) is 0 Å². The maximum Gasteiger partial charge on any atom is 0.258 e. The van der Waals surface area contributed by atoms with Crippen molar-refractivity contribution in [3.63, 3.8) is 0 Å². The van der Waals surface area contributed by atoms with Gasteiger partial charge in [0, 0.05) is 23.3 Å². The largest absolute Gasteiger partial charge is 0.484 e. The third-order valence-corrected chi connectivity index (χ3v) is 5.95. The van der Waals surface area contributed by atoms with Crippen LogP contribution < -0.4 is 10.1 Å². The molecular weight excluding hydrogens is 382 g/mol.